The second-order valence-electron chi connectivity index (χ2n) is 5.79. The summed E-state index contributed by atoms with van der Waals surface area (Å²) in [4.78, 5) is 23.2. The summed E-state index contributed by atoms with van der Waals surface area (Å²) in [6.45, 7) is 5.36. The fourth-order valence-corrected chi connectivity index (χ4v) is 2.28. The number of hydrogen-bond acceptors (Lipinski definition) is 3. The number of amides is 2. The van der Waals surface area contributed by atoms with Gasteiger partial charge >= 0.3 is 0 Å². The Morgan fingerprint density at radius 2 is 1.86 bits per heavy atom. The summed E-state index contributed by atoms with van der Waals surface area (Å²) < 4.78 is 0. The first-order chi connectivity index (χ1) is 9.84. The van der Waals surface area contributed by atoms with Crippen molar-refractivity contribution < 1.29 is 9.59 Å². The predicted molar refractivity (Wildman–Crippen MR) is 88.4 cm³/mol. The van der Waals surface area contributed by atoms with Crippen molar-refractivity contribution in [1.82, 2.24) is 10.6 Å². The molecule has 5 heteroatoms. The van der Waals surface area contributed by atoms with Crippen LogP contribution in [0.2, 0.25) is 0 Å². The highest BCUT2D eigenvalue weighted by atomic mass is 32.1. The molecule has 1 atom stereocenters. The van der Waals surface area contributed by atoms with E-state index in [4.69, 9.17) is 0 Å². The van der Waals surface area contributed by atoms with Crippen LogP contribution in [0.5, 0.6) is 0 Å². The molecule has 0 saturated heterocycles. The van der Waals surface area contributed by atoms with E-state index in [9.17, 15) is 9.59 Å². The van der Waals surface area contributed by atoms with Crippen LogP contribution >= 0.6 is 12.6 Å². The van der Waals surface area contributed by atoms with E-state index in [1.807, 2.05) is 32.0 Å². The van der Waals surface area contributed by atoms with Crippen molar-refractivity contribution in [3.8, 4) is 0 Å². The van der Waals surface area contributed by atoms with E-state index in [1.54, 1.807) is 0 Å². The maximum absolute atomic E-state index is 12.2. The molecule has 0 saturated carbocycles. The molecule has 1 unspecified atom stereocenters. The first kappa shape index (κ1) is 17.6. The Balaban J connectivity index is 2.54. The fourth-order valence-electron chi connectivity index (χ4n) is 2.02. The first-order valence-electron chi connectivity index (χ1n) is 7.08. The molecule has 0 aliphatic rings. The van der Waals surface area contributed by atoms with Crippen molar-refractivity contribution in [2.45, 2.75) is 45.2 Å². The lowest BCUT2D eigenvalue weighted by atomic mass is 9.95. The zero-order chi connectivity index (χ0) is 15.9. The molecule has 2 amide bonds. The van der Waals surface area contributed by atoms with Gasteiger partial charge in [0, 0.05) is 18.2 Å². The van der Waals surface area contributed by atoms with E-state index in [-0.39, 0.29) is 23.1 Å². The lowest BCUT2D eigenvalue weighted by molar-refractivity contribution is -0.128. The van der Waals surface area contributed by atoms with Crippen molar-refractivity contribution in [2.24, 2.45) is 0 Å². The Hall–Kier alpha value is -1.49. The van der Waals surface area contributed by atoms with Crippen LogP contribution in [0.1, 0.15) is 32.8 Å². The molecule has 0 aliphatic carbocycles. The number of thiol groups is 1. The van der Waals surface area contributed by atoms with Gasteiger partial charge in [0.15, 0.2) is 0 Å². The third-order valence-electron chi connectivity index (χ3n) is 3.22. The summed E-state index contributed by atoms with van der Waals surface area (Å²) in [5.41, 5.74) is 0.902. The molecule has 2 N–H and O–H groups in total. The van der Waals surface area contributed by atoms with Gasteiger partial charge in [-0.3, -0.25) is 9.59 Å². The van der Waals surface area contributed by atoms with Gasteiger partial charge in [-0.05, 0) is 32.3 Å². The summed E-state index contributed by atoms with van der Waals surface area (Å²) in [5, 5.41) is 5.58. The van der Waals surface area contributed by atoms with Crippen LogP contribution in [0.4, 0.5) is 0 Å². The van der Waals surface area contributed by atoms with Crippen LogP contribution in [-0.2, 0) is 16.0 Å². The molecule has 21 heavy (non-hydrogen) atoms. The third-order valence-corrected chi connectivity index (χ3v) is 3.58. The predicted octanol–water partition coefficient (Wildman–Crippen LogP) is 1.95. The average molecular weight is 308 g/mol. The minimum Gasteiger partial charge on any atom is -0.349 e. The molecule has 0 aliphatic heterocycles. The molecule has 1 aromatic rings. The minimum atomic E-state index is -0.596. The largest absolute Gasteiger partial charge is 0.349 e. The second kappa shape index (κ2) is 8.08. The number of carbonyl (C=O) groups excluding carboxylic acids is 2. The molecule has 1 rings (SSSR count). The number of rotatable bonds is 7. The van der Waals surface area contributed by atoms with Crippen LogP contribution in [0.3, 0.4) is 0 Å². The van der Waals surface area contributed by atoms with E-state index < -0.39 is 6.04 Å². The van der Waals surface area contributed by atoms with Crippen molar-refractivity contribution >= 4 is 24.4 Å². The maximum Gasteiger partial charge on any atom is 0.243 e. The number of benzene rings is 1. The minimum absolute atomic E-state index is 0.196. The molecule has 0 spiro atoms. The lowest BCUT2D eigenvalue weighted by Gasteiger charge is -2.28. The zero-order valence-electron chi connectivity index (χ0n) is 12.8. The second-order valence-corrected chi connectivity index (χ2v) is 6.16. The van der Waals surface area contributed by atoms with E-state index >= 15 is 0 Å². The molecular formula is C16H24N2O2S. The van der Waals surface area contributed by atoms with Crippen LogP contribution in [0.25, 0.3) is 0 Å². The maximum atomic E-state index is 12.2. The third kappa shape index (κ3) is 6.67. The first-order valence-corrected chi connectivity index (χ1v) is 7.71. The van der Waals surface area contributed by atoms with Crippen molar-refractivity contribution in [3.05, 3.63) is 35.9 Å². The van der Waals surface area contributed by atoms with Gasteiger partial charge in [-0.15, -0.1) is 0 Å². The molecule has 1 aromatic carbocycles. The summed E-state index contributed by atoms with van der Waals surface area (Å²) in [6.07, 6.45) is 1.71. The van der Waals surface area contributed by atoms with Gasteiger partial charge in [0.25, 0.3) is 0 Å². The van der Waals surface area contributed by atoms with Gasteiger partial charge in [-0.1, -0.05) is 30.3 Å². The normalized spacial score (nSPS) is 12.6. The molecule has 0 bridgehead atoms. The van der Waals surface area contributed by atoms with Gasteiger partial charge in [0.2, 0.25) is 11.8 Å². The highest BCUT2D eigenvalue weighted by Gasteiger charge is 2.25. The highest BCUT2D eigenvalue weighted by Crippen LogP contribution is 2.14. The molecule has 4 nitrogen and oxygen atoms in total. The molecular weight excluding hydrogens is 284 g/mol. The Morgan fingerprint density at radius 3 is 2.38 bits per heavy atom. The molecule has 0 aromatic heterocycles. The lowest BCUT2D eigenvalue weighted by Crippen LogP contribution is -2.53. The van der Waals surface area contributed by atoms with Crippen molar-refractivity contribution in [2.75, 3.05) is 5.75 Å². The van der Waals surface area contributed by atoms with Gasteiger partial charge in [-0.2, -0.15) is 12.6 Å². The summed E-state index contributed by atoms with van der Waals surface area (Å²) >= 11 is 4.11. The van der Waals surface area contributed by atoms with Crippen molar-refractivity contribution in [3.63, 3.8) is 0 Å². The van der Waals surface area contributed by atoms with Crippen molar-refractivity contribution in [1.29, 1.82) is 0 Å². The number of nitrogens with one attached hydrogen (secondary N) is 2. The van der Waals surface area contributed by atoms with E-state index in [1.165, 1.54) is 12.5 Å². The summed E-state index contributed by atoms with van der Waals surface area (Å²) in [7, 11) is 0. The quantitative estimate of drug-likeness (QED) is 0.674. The fraction of sp³-hybridized carbons (Fsp3) is 0.500. The van der Waals surface area contributed by atoms with E-state index in [0.29, 0.717) is 0 Å². The summed E-state index contributed by atoms with van der Waals surface area (Å²) in [5.74, 6) is -0.148. The van der Waals surface area contributed by atoms with E-state index in [0.717, 1.165) is 12.8 Å². The van der Waals surface area contributed by atoms with Gasteiger partial charge in [0.05, 0.1) is 0 Å². The van der Waals surface area contributed by atoms with Gasteiger partial charge in [0.1, 0.15) is 6.04 Å². The average Bonchev–Trinajstić information content (AvgIpc) is 2.43. The number of aryl methyl sites for hydroxylation is 1. The molecule has 0 heterocycles. The number of hydrogen-bond donors (Lipinski definition) is 3. The van der Waals surface area contributed by atoms with Gasteiger partial charge < -0.3 is 10.6 Å². The molecule has 0 fully saturated rings. The van der Waals surface area contributed by atoms with Crippen LogP contribution in [0.15, 0.2) is 30.3 Å². The Labute approximate surface area is 132 Å². The molecule has 116 valence electrons. The zero-order valence-corrected chi connectivity index (χ0v) is 13.7. The SMILES string of the molecule is CC(=O)NC(CS)C(=O)NC(C)(C)CCc1ccccc1. The Morgan fingerprint density at radius 1 is 1.24 bits per heavy atom. The number of carbonyl (C=O) groups is 2. The topological polar surface area (TPSA) is 58.2 Å². The van der Waals surface area contributed by atoms with Crippen LogP contribution in [0, 0.1) is 0 Å². The smallest absolute Gasteiger partial charge is 0.243 e. The van der Waals surface area contributed by atoms with Crippen LogP contribution < -0.4 is 10.6 Å². The highest BCUT2D eigenvalue weighted by molar-refractivity contribution is 7.80. The molecule has 0 radical (unpaired) electrons. The Kier molecular flexibility index (Phi) is 6.75. The monoisotopic (exact) mass is 308 g/mol. The Bertz CT molecular complexity index is 474. The van der Waals surface area contributed by atoms with Gasteiger partial charge in [-0.25, -0.2) is 0 Å². The van der Waals surface area contributed by atoms with Crippen LogP contribution in [-0.4, -0.2) is 29.1 Å². The van der Waals surface area contributed by atoms with E-state index in [2.05, 4.69) is 35.4 Å². The summed E-state index contributed by atoms with van der Waals surface area (Å²) in [6, 6.07) is 9.56. The standard InChI is InChI=1S/C16H24N2O2S/c1-12(19)17-14(11-21)15(20)18-16(2,3)10-9-13-7-5-4-6-8-13/h4-8,14,21H,9-11H2,1-3H3,(H,17,19)(H,18,20).